The molecule has 0 aliphatic heterocycles. The molecule has 0 aromatic heterocycles. The lowest BCUT2D eigenvalue weighted by Crippen LogP contribution is -2.30. The van der Waals surface area contributed by atoms with E-state index < -0.39 is 23.6 Å². The van der Waals surface area contributed by atoms with E-state index in [9.17, 15) is 22.8 Å². The normalized spacial score (nSPS) is 11.2. The van der Waals surface area contributed by atoms with Crippen molar-refractivity contribution in [3.05, 3.63) is 83.4 Å². The zero-order valence-corrected chi connectivity index (χ0v) is 14.6. The average molecular weight is 387 g/mol. The molecule has 0 spiro atoms. The molecule has 0 saturated heterocycles. The molecule has 3 rings (SSSR count). The molecule has 144 valence electrons. The van der Waals surface area contributed by atoms with E-state index in [2.05, 4.69) is 5.32 Å². The number of benzene rings is 3. The number of ether oxygens (including phenoxy) is 1. The molecule has 7 heteroatoms. The summed E-state index contributed by atoms with van der Waals surface area (Å²) >= 11 is 0. The first kappa shape index (κ1) is 19.4. The molecule has 0 atom stereocenters. The zero-order chi connectivity index (χ0) is 20.1. The molecule has 0 aliphatic carbocycles. The molecule has 4 nitrogen and oxygen atoms in total. The lowest BCUT2D eigenvalue weighted by atomic mass is 10.1. The lowest BCUT2D eigenvalue weighted by Gasteiger charge is -2.10. The molecular formula is C21H16F3NO3. The predicted octanol–water partition coefficient (Wildman–Crippen LogP) is 4.33. The van der Waals surface area contributed by atoms with Crippen molar-refractivity contribution in [3.8, 4) is 0 Å². The van der Waals surface area contributed by atoms with Gasteiger partial charge in [0.25, 0.3) is 5.91 Å². The number of hydrogen-bond acceptors (Lipinski definition) is 3. The topological polar surface area (TPSA) is 55.4 Å². The first-order chi connectivity index (χ1) is 13.3. The molecule has 28 heavy (non-hydrogen) atoms. The number of carbonyl (C=O) groups excluding carboxylic acids is 2. The Labute approximate surface area is 158 Å². The van der Waals surface area contributed by atoms with Crippen LogP contribution in [0.4, 0.5) is 13.2 Å². The van der Waals surface area contributed by atoms with Gasteiger partial charge in [-0.15, -0.1) is 0 Å². The Hall–Kier alpha value is -3.35. The quantitative estimate of drug-likeness (QED) is 0.663. The monoisotopic (exact) mass is 387 g/mol. The fourth-order valence-corrected chi connectivity index (χ4v) is 2.69. The number of amides is 1. The average Bonchev–Trinajstić information content (AvgIpc) is 2.69. The van der Waals surface area contributed by atoms with Crippen molar-refractivity contribution in [3.63, 3.8) is 0 Å². The summed E-state index contributed by atoms with van der Waals surface area (Å²) in [7, 11) is 0. The Balaban J connectivity index is 1.53. The molecule has 0 unspecified atom stereocenters. The second-order valence-electron chi connectivity index (χ2n) is 6.06. The van der Waals surface area contributed by atoms with Crippen LogP contribution in [0.2, 0.25) is 0 Å². The molecule has 0 radical (unpaired) electrons. The van der Waals surface area contributed by atoms with Gasteiger partial charge >= 0.3 is 12.1 Å². The summed E-state index contributed by atoms with van der Waals surface area (Å²) in [5.41, 5.74) is 0.00826. The van der Waals surface area contributed by atoms with Crippen molar-refractivity contribution in [2.24, 2.45) is 0 Å². The first-order valence-corrected chi connectivity index (χ1v) is 8.42. The number of rotatable bonds is 5. The van der Waals surface area contributed by atoms with E-state index in [0.29, 0.717) is 0 Å². The van der Waals surface area contributed by atoms with Crippen molar-refractivity contribution in [1.82, 2.24) is 5.32 Å². The third-order valence-corrected chi connectivity index (χ3v) is 4.14. The van der Waals surface area contributed by atoms with E-state index in [-0.39, 0.29) is 18.7 Å². The van der Waals surface area contributed by atoms with Crippen LogP contribution in [0.3, 0.4) is 0 Å². The molecule has 0 heterocycles. The van der Waals surface area contributed by atoms with Crippen LogP contribution in [0.5, 0.6) is 0 Å². The molecule has 0 bridgehead atoms. The van der Waals surface area contributed by atoms with Gasteiger partial charge in [-0.1, -0.05) is 42.5 Å². The maximum Gasteiger partial charge on any atom is 0.416 e. The van der Waals surface area contributed by atoms with Gasteiger partial charge in [-0.2, -0.15) is 13.2 Å². The van der Waals surface area contributed by atoms with E-state index >= 15 is 0 Å². The molecule has 0 aliphatic rings. The zero-order valence-electron chi connectivity index (χ0n) is 14.6. The predicted molar refractivity (Wildman–Crippen MR) is 97.5 cm³/mol. The number of nitrogens with one attached hydrogen (secondary N) is 1. The van der Waals surface area contributed by atoms with Gasteiger partial charge in [0.2, 0.25) is 0 Å². The summed E-state index contributed by atoms with van der Waals surface area (Å²) in [6, 6.07) is 17.1. The number of hydrogen-bond donors (Lipinski definition) is 1. The number of esters is 1. The van der Waals surface area contributed by atoms with Crippen molar-refractivity contribution in [2.75, 3.05) is 6.54 Å². The van der Waals surface area contributed by atoms with Crippen LogP contribution in [0.1, 0.15) is 21.5 Å². The number of alkyl halides is 3. The van der Waals surface area contributed by atoms with Crippen LogP contribution in [0, 0.1) is 0 Å². The SMILES string of the molecule is O=C(CNC(=O)c1ccc(C(F)(F)F)cc1)OCc1cccc2ccccc12. The second kappa shape index (κ2) is 8.12. The van der Waals surface area contributed by atoms with Crippen LogP contribution in [-0.4, -0.2) is 18.4 Å². The minimum absolute atomic E-state index is 0.0230. The van der Waals surface area contributed by atoms with E-state index in [1.807, 2.05) is 42.5 Å². The van der Waals surface area contributed by atoms with E-state index in [0.717, 1.165) is 40.6 Å². The molecule has 1 amide bonds. The highest BCUT2D eigenvalue weighted by atomic mass is 19.4. The maximum absolute atomic E-state index is 12.5. The molecule has 0 fully saturated rings. The standard InChI is InChI=1S/C21H16F3NO3/c22-21(23,24)17-10-8-15(9-11-17)20(27)25-12-19(26)28-13-16-6-3-5-14-4-1-2-7-18(14)16/h1-11H,12-13H2,(H,25,27). The molecule has 0 saturated carbocycles. The Morgan fingerprint density at radius 2 is 1.57 bits per heavy atom. The fraction of sp³-hybridized carbons (Fsp3) is 0.143. The van der Waals surface area contributed by atoms with Gasteiger partial charge in [0, 0.05) is 5.56 Å². The van der Waals surface area contributed by atoms with Crippen LogP contribution in [-0.2, 0) is 22.3 Å². The van der Waals surface area contributed by atoms with Gasteiger partial charge in [0.05, 0.1) is 5.56 Å². The Bertz CT molecular complexity index is 992. The number of carbonyl (C=O) groups is 2. The smallest absolute Gasteiger partial charge is 0.416 e. The van der Waals surface area contributed by atoms with Crippen LogP contribution >= 0.6 is 0 Å². The summed E-state index contributed by atoms with van der Waals surface area (Å²) in [6.07, 6.45) is -4.47. The largest absolute Gasteiger partial charge is 0.459 e. The minimum atomic E-state index is -4.47. The summed E-state index contributed by atoms with van der Waals surface area (Å²) in [5.74, 6) is -1.30. The lowest BCUT2D eigenvalue weighted by molar-refractivity contribution is -0.143. The molecule has 1 N–H and O–H groups in total. The second-order valence-corrected chi connectivity index (χ2v) is 6.06. The van der Waals surface area contributed by atoms with Crippen LogP contribution in [0.25, 0.3) is 10.8 Å². The van der Waals surface area contributed by atoms with Gasteiger partial charge in [-0.25, -0.2) is 0 Å². The molecule has 3 aromatic carbocycles. The molecule has 3 aromatic rings. The first-order valence-electron chi connectivity index (χ1n) is 8.42. The summed E-state index contributed by atoms with van der Waals surface area (Å²) in [6.45, 7) is -0.332. The fourth-order valence-electron chi connectivity index (χ4n) is 2.69. The van der Waals surface area contributed by atoms with Gasteiger partial charge in [-0.05, 0) is 40.6 Å². The Morgan fingerprint density at radius 3 is 2.29 bits per heavy atom. The maximum atomic E-state index is 12.5. The van der Waals surface area contributed by atoms with E-state index in [1.54, 1.807) is 0 Å². The Kier molecular flexibility index (Phi) is 5.63. The number of fused-ring (bicyclic) bond motifs is 1. The number of halogens is 3. The summed E-state index contributed by atoms with van der Waals surface area (Å²) in [5, 5.41) is 4.32. The summed E-state index contributed by atoms with van der Waals surface area (Å²) in [4.78, 5) is 23.8. The highest BCUT2D eigenvalue weighted by Gasteiger charge is 2.30. The van der Waals surface area contributed by atoms with Gasteiger partial charge < -0.3 is 10.1 Å². The highest BCUT2D eigenvalue weighted by molar-refractivity contribution is 5.96. The van der Waals surface area contributed by atoms with E-state index in [1.165, 1.54) is 0 Å². The van der Waals surface area contributed by atoms with Crippen molar-refractivity contribution in [1.29, 1.82) is 0 Å². The third-order valence-electron chi connectivity index (χ3n) is 4.14. The van der Waals surface area contributed by atoms with Crippen LogP contribution in [0.15, 0.2) is 66.7 Å². The highest BCUT2D eigenvalue weighted by Crippen LogP contribution is 2.29. The van der Waals surface area contributed by atoms with Crippen molar-refractivity contribution < 1.29 is 27.5 Å². The van der Waals surface area contributed by atoms with Crippen molar-refractivity contribution in [2.45, 2.75) is 12.8 Å². The van der Waals surface area contributed by atoms with Gasteiger partial charge in [-0.3, -0.25) is 9.59 Å². The van der Waals surface area contributed by atoms with Gasteiger partial charge in [0.1, 0.15) is 13.2 Å². The minimum Gasteiger partial charge on any atom is -0.459 e. The Morgan fingerprint density at radius 1 is 0.893 bits per heavy atom. The van der Waals surface area contributed by atoms with Gasteiger partial charge in [0.15, 0.2) is 0 Å². The summed E-state index contributed by atoms with van der Waals surface area (Å²) < 4.78 is 42.8. The van der Waals surface area contributed by atoms with Crippen molar-refractivity contribution >= 4 is 22.6 Å². The van der Waals surface area contributed by atoms with E-state index in [4.69, 9.17) is 4.74 Å². The third kappa shape index (κ3) is 4.68. The van der Waals surface area contributed by atoms with Crippen LogP contribution < -0.4 is 5.32 Å². The molecular weight excluding hydrogens is 371 g/mol.